The highest BCUT2D eigenvalue weighted by Gasteiger charge is 2.35. The number of nitrogens with two attached hydrogens (primary N) is 1. The van der Waals surface area contributed by atoms with Crippen molar-refractivity contribution >= 4 is 22.4 Å². The standard InChI is InChI=1S/C10H17N3O3S.ClH/c1-7-10(8(2)16-12-7)17(14,15)13-4-3-9(5-11)6-13;/h9H,3-6,11H2,1-2H3;1H. The van der Waals surface area contributed by atoms with E-state index in [0.717, 1.165) is 6.42 Å². The number of sulfonamides is 1. The van der Waals surface area contributed by atoms with Crippen LogP contribution in [-0.2, 0) is 10.0 Å². The van der Waals surface area contributed by atoms with Gasteiger partial charge in [0.1, 0.15) is 10.6 Å². The van der Waals surface area contributed by atoms with E-state index < -0.39 is 10.0 Å². The van der Waals surface area contributed by atoms with Crippen LogP contribution in [0.25, 0.3) is 0 Å². The minimum absolute atomic E-state index is 0. The molecule has 2 N–H and O–H groups in total. The molecule has 1 saturated heterocycles. The molecule has 0 bridgehead atoms. The van der Waals surface area contributed by atoms with Gasteiger partial charge in [0, 0.05) is 13.1 Å². The smallest absolute Gasteiger partial charge is 0.248 e. The lowest BCUT2D eigenvalue weighted by Gasteiger charge is -2.15. The predicted octanol–water partition coefficient (Wildman–Crippen LogP) is 0.683. The van der Waals surface area contributed by atoms with Gasteiger partial charge in [-0.15, -0.1) is 12.4 Å². The maximum absolute atomic E-state index is 12.4. The van der Waals surface area contributed by atoms with E-state index in [1.165, 1.54) is 4.31 Å². The maximum atomic E-state index is 12.4. The van der Waals surface area contributed by atoms with Gasteiger partial charge < -0.3 is 10.3 Å². The number of nitrogens with zero attached hydrogens (tertiary/aromatic N) is 2. The summed E-state index contributed by atoms with van der Waals surface area (Å²) in [4.78, 5) is 0.204. The van der Waals surface area contributed by atoms with Crippen LogP contribution in [0.15, 0.2) is 9.42 Å². The van der Waals surface area contributed by atoms with Gasteiger partial charge in [-0.1, -0.05) is 5.16 Å². The number of hydrogen-bond acceptors (Lipinski definition) is 5. The van der Waals surface area contributed by atoms with Crippen LogP contribution in [0.2, 0.25) is 0 Å². The lowest BCUT2D eigenvalue weighted by atomic mass is 10.1. The molecule has 1 fully saturated rings. The molecule has 1 unspecified atom stereocenters. The Kier molecular flexibility index (Phi) is 4.77. The summed E-state index contributed by atoms with van der Waals surface area (Å²) in [5, 5.41) is 3.69. The molecule has 2 heterocycles. The Morgan fingerprint density at radius 3 is 2.61 bits per heavy atom. The summed E-state index contributed by atoms with van der Waals surface area (Å²) in [6.45, 7) is 4.79. The van der Waals surface area contributed by atoms with E-state index in [1.807, 2.05) is 0 Å². The quantitative estimate of drug-likeness (QED) is 0.886. The molecule has 0 aliphatic carbocycles. The molecule has 6 nitrogen and oxygen atoms in total. The van der Waals surface area contributed by atoms with Gasteiger partial charge in [-0.25, -0.2) is 8.42 Å². The largest absolute Gasteiger partial charge is 0.360 e. The van der Waals surface area contributed by atoms with Gasteiger partial charge in [-0.05, 0) is 32.7 Å². The zero-order valence-electron chi connectivity index (χ0n) is 10.4. The van der Waals surface area contributed by atoms with Crippen molar-refractivity contribution in [3.05, 3.63) is 11.5 Å². The summed E-state index contributed by atoms with van der Waals surface area (Å²) in [5.74, 6) is 0.601. The maximum Gasteiger partial charge on any atom is 0.248 e. The average molecular weight is 296 g/mol. The van der Waals surface area contributed by atoms with Crippen LogP contribution < -0.4 is 5.73 Å². The molecule has 2 rings (SSSR count). The van der Waals surface area contributed by atoms with E-state index >= 15 is 0 Å². The Hall–Kier alpha value is -0.630. The first kappa shape index (κ1) is 15.4. The lowest BCUT2D eigenvalue weighted by molar-refractivity contribution is 0.389. The van der Waals surface area contributed by atoms with Crippen molar-refractivity contribution in [3.8, 4) is 0 Å². The highest BCUT2D eigenvalue weighted by Crippen LogP contribution is 2.27. The van der Waals surface area contributed by atoms with Crippen LogP contribution in [-0.4, -0.2) is 37.5 Å². The monoisotopic (exact) mass is 295 g/mol. The molecule has 1 aromatic rings. The minimum Gasteiger partial charge on any atom is -0.360 e. The second kappa shape index (κ2) is 5.56. The normalized spacial score (nSPS) is 20.9. The van der Waals surface area contributed by atoms with Crippen molar-refractivity contribution in [1.29, 1.82) is 0 Å². The molecular weight excluding hydrogens is 278 g/mol. The number of halogens is 1. The number of aromatic nitrogens is 1. The lowest BCUT2D eigenvalue weighted by Crippen LogP contribution is -2.30. The third-order valence-corrected chi connectivity index (χ3v) is 5.26. The minimum atomic E-state index is -3.48. The van der Waals surface area contributed by atoms with Crippen LogP contribution in [0.5, 0.6) is 0 Å². The fraction of sp³-hybridized carbons (Fsp3) is 0.700. The Bertz CT molecular complexity index is 495. The summed E-state index contributed by atoms with van der Waals surface area (Å²) < 4.78 is 31.2. The van der Waals surface area contributed by atoms with E-state index in [2.05, 4.69) is 5.16 Å². The highest BCUT2D eigenvalue weighted by atomic mass is 35.5. The van der Waals surface area contributed by atoms with E-state index in [4.69, 9.17) is 10.3 Å². The highest BCUT2D eigenvalue weighted by molar-refractivity contribution is 7.89. The summed E-state index contributed by atoms with van der Waals surface area (Å²) in [7, 11) is -3.48. The molecule has 1 aliphatic heterocycles. The third kappa shape index (κ3) is 2.54. The van der Waals surface area contributed by atoms with Crippen LogP contribution in [0.1, 0.15) is 17.9 Å². The Morgan fingerprint density at radius 1 is 1.50 bits per heavy atom. The Labute approximate surface area is 113 Å². The van der Waals surface area contributed by atoms with Gasteiger partial charge in [0.05, 0.1) is 0 Å². The van der Waals surface area contributed by atoms with Gasteiger partial charge in [0.25, 0.3) is 0 Å². The first-order valence-corrected chi connectivity index (χ1v) is 7.04. The van der Waals surface area contributed by atoms with Crippen molar-refractivity contribution in [3.63, 3.8) is 0 Å². The van der Waals surface area contributed by atoms with Gasteiger partial charge in [-0.2, -0.15) is 4.31 Å². The molecule has 104 valence electrons. The first-order valence-electron chi connectivity index (χ1n) is 5.60. The SMILES string of the molecule is Cc1noc(C)c1S(=O)(=O)N1CCC(CN)C1.Cl. The van der Waals surface area contributed by atoms with Crippen molar-refractivity contribution in [2.45, 2.75) is 25.2 Å². The summed E-state index contributed by atoms with van der Waals surface area (Å²) >= 11 is 0. The second-order valence-electron chi connectivity index (χ2n) is 4.41. The van der Waals surface area contributed by atoms with E-state index in [-0.39, 0.29) is 23.2 Å². The van der Waals surface area contributed by atoms with Crippen molar-refractivity contribution in [2.75, 3.05) is 19.6 Å². The summed E-state index contributed by atoms with van der Waals surface area (Å²) in [5.41, 5.74) is 5.98. The molecule has 1 aromatic heterocycles. The van der Waals surface area contributed by atoms with Crippen LogP contribution >= 0.6 is 12.4 Å². The van der Waals surface area contributed by atoms with Crippen LogP contribution in [0, 0.1) is 19.8 Å². The summed E-state index contributed by atoms with van der Waals surface area (Å²) in [6.07, 6.45) is 0.819. The number of rotatable bonds is 3. The van der Waals surface area contributed by atoms with E-state index in [9.17, 15) is 8.42 Å². The fourth-order valence-corrected chi connectivity index (χ4v) is 4.00. The van der Waals surface area contributed by atoms with Gasteiger partial charge in [0.15, 0.2) is 5.76 Å². The van der Waals surface area contributed by atoms with Crippen molar-refractivity contribution in [2.24, 2.45) is 11.7 Å². The summed E-state index contributed by atoms with van der Waals surface area (Å²) in [6, 6.07) is 0. The molecule has 1 atom stereocenters. The molecule has 0 radical (unpaired) electrons. The molecule has 0 amide bonds. The Morgan fingerprint density at radius 2 is 2.17 bits per heavy atom. The average Bonchev–Trinajstić information content (AvgIpc) is 2.85. The van der Waals surface area contributed by atoms with Gasteiger partial charge in [0.2, 0.25) is 10.0 Å². The predicted molar refractivity (Wildman–Crippen MR) is 69.1 cm³/mol. The topological polar surface area (TPSA) is 89.4 Å². The van der Waals surface area contributed by atoms with Crippen molar-refractivity contribution < 1.29 is 12.9 Å². The molecule has 0 spiro atoms. The molecule has 18 heavy (non-hydrogen) atoms. The molecule has 0 saturated carbocycles. The third-order valence-electron chi connectivity index (χ3n) is 3.15. The molecule has 8 heteroatoms. The van der Waals surface area contributed by atoms with Gasteiger partial charge >= 0.3 is 0 Å². The number of aryl methyl sites for hydroxylation is 2. The van der Waals surface area contributed by atoms with E-state index in [0.29, 0.717) is 31.1 Å². The molecule has 1 aliphatic rings. The first-order chi connectivity index (χ1) is 7.96. The van der Waals surface area contributed by atoms with Crippen molar-refractivity contribution in [1.82, 2.24) is 9.46 Å². The van der Waals surface area contributed by atoms with E-state index in [1.54, 1.807) is 13.8 Å². The van der Waals surface area contributed by atoms with Crippen LogP contribution in [0.4, 0.5) is 0 Å². The second-order valence-corrected chi connectivity index (χ2v) is 6.28. The number of hydrogen-bond donors (Lipinski definition) is 1. The molecule has 0 aromatic carbocycles. The zero-order chi connectivity index (χ0) is 12.6. The van der Waals surface area contributed by atoms with Crippen LogP contribution in [0.3, 0.4) is 0 Å². The Balaban J connectivity index is 0.00000162. The van der Waals surface area contributed by atoms with Gasteiger partial charge in [-0.3, -0.25) is 0 Å². The zero-order valence-corrected chi connectivity index (χ0v) is 12.1. The fourth-order valence-electron chi connectivity index (χ4n) is 2.18. The molecular formula is C10H18ClN3O3S.